The molecule has 1 spiro atoms. The van der Waals surface area contributed by atoms with E-state index in [-0.39, 0.29) is 5.92 Å². The Balaban J connectivity index is 0.999. The molecular weight excluding hydrogens is 753 g/mol. The van der Waals surface area contributed by atoms with Gasteiger partial charge in [0.2, 0.25) is 0 Å². The average Bonchev–Trinajstić information content (AvgIpc) is 3.96. The zero-order valence-electron chi connectivity index (χ0n) is 33.8. The van der Waals surface area contributed by atoms with Crippen molar-refractivity contribution in [1.82, 2.24) is 19.5 Å². The van der Waals surface area contributed by atoms with Gasteiger partial charge in [-0.15, -0.1) is 0 Å². The molecule has 13 rings (SSSR count). The van der Waals surface area contributed by atoms with E-state index in [0.29, 0.717) is 17.5 Å². The summed E-state index contributed by atoms with van der Waals surface area (Å²) in [6.07, 6.45) is 7.64. The summed E-state index contributed by atoms with van der Waals surface area (Å²) < 4.78 is 2.48. The monoisotopic (exact) mass is 790 g/mol. The van der Waals surface area contributed by atoms with Crippen molar-refractivity contribution in [2.24, 2.45) is 0 Å². The fraction of sp³-hybridized carbons (Fsp3) is 0.0517. The third-order valence-electron chi connectivity index (χ3n) is 13.4. The summed E-state index contributed by atoms with van der Waals surface area (Å²) in [5.41, 5.74) is 17.8. The highest BCUT2D eigenvalue weighted by molar-refractivity contribution is 6.16. The highest BCUT2D eigenvalue weighted by Crippen LogP contribution is 2.64. The van der Waals surface area contributed by atoms with Gasteiger partial charge in [-0.05, 0) is 81.3 Å². The molecule has 1 unspecified atom stereocenters. The summed E-state index contributed by atoms with van der Waals surface area (Å²) in [4.78, 5) is 15.4. The minimum absolute atomic E-state index is 0.253. The first-order valence-corrected chi connectivity index (χ1v) is 21.5. The van der Waals surface area contributed by atoms with Gasteiger partial charge in [-0.1, -0.05) is 182 Å². The van der Waals surface area contributed by atoms with Crippen molar-refractivity contribution in [3.05, 3.63) is 246 Å². The normalized spacial score (nSPS) is 15.4. The average molecular weight is 791 g/mol. The zero-order chi connectivity index (χ0) is 40.8. The van der Waals surface area contributed by atoms with Crippen LogP contribution in [0.2, 0.25) is 0 Å². The van der Waals surface area contributed by atoms with Gasteiger partial charge in [0, 0.05) is 44.6 Å². The molecule has 4 heteroatoms. The Labute approximate surface area is 359 Å². The minimum atomic E-state index is -0.421. The number of para-hydroxylation sites is 1. The number of hydrogen-bond acceptors (Lipinski definition) is 3. The van der Waals surface area contributed by atoms with Crippen LogP contribution in [0.15, 0.2) is 212 Å². The van der Waals surface area contributed by atoms with Crippen molar-refractivity contribution < 1.29 is 0 Å². The molecule has 0 fully saturated rings. The summed E-state index contributed by atoms with van der Waals surface area (Å²) in [6.45, 7) is 0. The van der Waals surface area contributed by atoms with Gasteiger partial charge < -0.3 is 4.57 Å². The molecule has 0 saturated carbocycles. The molecule has 3 aliphatic carbocycles. The molecule has 0 bridgehead atoms. The maximum Gasteiger partial charge on any atom is 0.164 e. The Morgan fingerprint density at radius 3 is 1.73 bits per heavy atom. The van der Waals surface area contributed by atoms with Crippen LogP contribution in [0.4, 0.5) is 0 Å². The van der Waals surface area contributed by atoms with Gasteiger partial charge in [-0.2, -0.15) is 0 Å². The third kappa shape index (κ3) is 4.98. The Bertz CT molecular complexity index is 3440. The van der Waals surface area contributed by atoms with Crippen LogP contribution in [0.3, 0.4) is 0 Å². The topological polar surface area (TPSA) is 43.6 Å². The van der Waals surface area contributed by atoms with E-state index in [1.807, 2.05) is 18.2 Å². The largest absolute Gasteiger partial charge is 0.309 e. The second-order valence-corrected chi connectivity index (χ2v) is 16.6. The summed E-state index contributed by atoms with van der Waals surface area (Å²) in [7, 11) is 0. The van der Waals surface area contributed by atoms with Crippen molar-refractivity contribution in [3.8, 4) is 50.7 Å². The molecule has 0 radical (unpaired) electrons. The Kier molecular flexibility index (Phi) is 7.61. The number of nitrogens with zero attached hydrogens (tertiary/aromatic N) is 4. The molecule has 0 saturated heterocycles. The van der Waals surface area contributed by atoms with Crippen molar-refractivity contribution in [1.29, 1.82) is 0 Å². The van der Waals surface area contributed by atoms with Crippen molar-refractivity contribution >= 4 is 27.4 Å². The van der Waals surface area contributed by atoms with E-state index in [1.165, 1.54) is 71.9 Å². The van der Waals surface area contributed by atoms with Crippen LogP contribution in [-0.2, 0) is 5.41 Å². The fourth-order valence-corrected chi connectivity index (χ4v) is 10.8. The van der Waals surface area contributed by atoms with Gasteiger partial charge in [0.1, 0.15) is 0 Å². The van der Waals surface area contributed by atoms with E-state index in [9.17, 15) is 0 Å². The zero-order valence-corrected chi connectivity index (χ0v) is 33.8. The standard InChI is InChI=1S/C58H38N4/c1-3-16-37(17-4-1)40-20-15-21-41(36-40)57-60-55(38-18-5-2-6-19-38)59-56(61-57)39-30-32-42(33-31-39)62-52-29-14-10-24-45(52)46-34-35-51-53(54(46)62)47-25-9-13-28-50(47)58(51)48-26-11-7-22-43(48)44-23-8-12-27-49(44)58/h1-19,21-36,40H,20H2. The lowest BCUT2D eigenvalue weighted by Crippen LogP contribution is -2.25. The first kappa shape index (κ1) is 34.9. The van der Waals surface area contributed by atoms with Gasteiger partial charge in [0.05, 0.1) is 16.4 Å². The van der Waals surface area contributed by atoms with Gasteiger partial charge in [-0.25, -0.2) is 15.0 Å². The molecule has 290 valence electrons. The lowest BCUT2D eigenvalue weighted by atomic mass is 9.70. The van der Waals surface area contributed by atoms with Gasteiger partial charge in [-0.3, -0.25) is 0 Å². The maximum absolute atomic E-state index is 5.17. The van der Waals surface area contributed by atoms with Crippen molar-refractivity contribution in [3.63, 3.8) is 0 Å². The lowest BCUT2D eigenvalue weighted by Gasteiger charge is -2.30. The third-order valence-corrected chi connectivity index (χ3v) is 13.4. The molecule has 2 aromatic heterocycles. The predicted molar refractivity (Wildman–Crippen MR) is 252 cm³/mol. The molecule has 0 aliphatic heterocycles. The van der Waals surface area contributed by atoms with Crippen LogP contribution >= 0.6 is 0 Å². The first-order chi connectivity index (χ1) is 30.8. The van der Waals surface area contributed by atoms with Gasteiger partial charge in [0.15, 0.2) is 17.5 Å². The van der Waals surface area contributed by atoms with E-state index in [0.717, 1.165) is 28.8 Å². The maximum atomic E-state index is 5.17. The van der Waals surface area contributed by atoms with Crippen LogP contribution in [0.1, 0.15) is 46.0 Å². The molecule has 4 nitrogen and oxygen atoms in total. The van der Waals surface area contributed by atoms with Crippen LogP contribution in [0.5, 0.6) is 0 Å². The van der Waals surface area contributed by atoms with Gasteiger partial charge >= 0.3 is 0 Å². The lowest BCUT2D eigenvalue weighted by molar-refractivity contribution is 0.794. The quantitative estimate of drug-likeness (QED) is 0.174. The molecule has 1 atom stereocenters. The molecule has 0 amide bonds. The fourth-order valence-electron chi connectivity index (χ4n) is 10.8. The van der Waals surface area contributed by atoms with Crippen molar-refractivity contribution in [2.45, 2.75) is 17.8 Å². The van der Waals surface area contributed by atoms with Gasteiger partial charge in [0.25, 0.3) is 0 Å². The predicted octanol–water partition coefficient (Wildman–Crippen LogP) is 13.8. The summed E-state index contributed by atoms with van der Waals surface area (Å²) >= 11 is 0. The van der Waals surface area contributed by atoms with Crippen LogP contribution < -0.4 is 0 Å². The second kappa shape index (κ2) is 13.5. The molecule has 3 aliphatic rings. The summed E-state index contributed by atoms with van der Waals surface area (Å²) in [5.74, 6) is 2.24. The van der Waals surface area contributed by atoms with E-state index in [1.54, 1.807) is 0 Å². The second-order valence-electron chi connectivity index (χ2n) is 16.6. The van der Waals surface area contributed by atoms with Crippen molar-refractivity contribution in [2.75, 3.05) is 0 Å². The highest BCUT2D eigenvalue weighted by Gasteiger charge is 2.52. The molecule has 0 N–H and O–H groups in total. The molecule has 2 heterocycles. The summed E-state index contributed by atoms with van der Waals surface area (Å²) in [5, 5.41) is 2.48. The molecular formula is C58H38N4. The van der Waals surface area contributed by atoms with E-state index in [4.69, 9.17) is 15.0 Å². The van der Waals surface area contributed by atoms with Crippen LogP contribution in [-0.4, -0.2) is 19.5 Å². The smallest absolute Gasteiger partial charge is 0.164 e. The Morgan fingerprint density at radius 2 is 1.02 bits per heavy atom. The summed E-state index contributed by atoms with van der Waals surface area (Å²) in [6, 6.07) is 70.4. The Hall–Kier alpha value is -7.95. The molecule has 8 aromatic carbocycles. The number of fused-ring (bicyclic) bond motifs is 14. The number of benzene rings is 8. The first-order valence-electron chi connectivity index (χ1n) is 21.5. The molecule has 10 aromatic rings. The highest BCUT2D eigenvalue weighted by atomic mass is 15.0. The Morgan fingerprint density at radius 1 is 0.452 bits per heavy atom. The van der Waals surface area contributed by atoms with E-state index < -0.39 is 5.41 Å². The van der Waals surface area contributed by atoms with E-state index in [2.05, 4.69) is 199 Å². The number of hydrogen-bond donors (Lipinski definition) is 0. The van der Waals surface area contributed by atoms with E-state index >= 15 is 0 Å². The number of allylic oxidation sites excluding steroid dienone is 4. The van der Waals surface area contributed by atoms with Crippen LogP contribution in [0.25, 0.3) is 78.1 Å². The van der Waals surface area contributed by atoms with Crippen LogP contribution in [0, 0.1) is 0 Å². The number of aromatic nitrogens is 4. The molecule has 62 heavy (non-hydrogen) atoms. The minimum Gasteiger partial charge on any atom is -0.309 e. The SMILES string of the molecule is C1=CC(c2nc(-c3ccccc3)nc(-c3ccc(-n4c5ccccc5c5ccc6c(c54)-c4ccccc4C64c5ccccc5-c5ccccc54)cc3)n2)=CC(c2ccccc2)C1. The number of rotatable bonds is 5.